The van der Waals surface area contributed by atoms with Crippen LogP contribution >= 0.6 is 0 Å². The molecule has 12 heteroatoms. The summed E-state index contributed by atoms with van der Waals surface area (Å²) < 4.78 is 5.58. The topological polar surface area (TPSA) is 163 Å². The highest BCUT2D eigenvalue weighted by atomic mass is 16.6. The quantitative estimate of drug-likeness (QED) is 0.0857. The van der Waals surface area contributed by atoms with Gasteiger partial charge in [0.25, 0.3) is 23.6 Å². The van der Waals surface area contributed by atoms with Gasteiger partial charge in [-0.15, -0.1) is 0 Å². The number of aryl methyl sites for hydroxylation is 2. The van der Waals surface area contributed by atoms with Gasteiger partial charge in [0.05, 0.1) is 34.0 Å². The molecule has 4 aromatic rings. The summed E-state index contributed by atoms with van der Waals surface area (Å²) >= 11 is 0. The van der Waals surface area contributed by atoms with Crippen molar-refractivity contribution in [1.82, 2.24) is 9.80 Å². The van der Waals surface area contributed by atoms with Gasteiger partial charge in [0.15, 0.2) is 0 Å². The second-order valence-electron chi connectivity index (χ2n) is 16.2. The smallest absolute Gasteiger partial charge is 0.411 e. The van der Waals surface area contributed by atoms with Gasteiger partial charge >= 0.3 is 6.09 Å². The van der Waals surface area contributed by atoms with Crippen molar-refractivity contribution < 1.29 is 38.6 Å². The zero-order chi connectivity index (χ0) is 44.0. The number of amides is 5. The molecule has 2 saturated carbocycles. The first kappa shape index (κ1) is 45.3. The van der Waals surface area contributed by atoms with Crippen molar-refractivity contribution in [2.24, 2.45) is 4.99 Å². The molecule has 2 aliphatic carbocycles. The van der Waals surface area contributed by atoms with Crippen LogP contribution in [0.2, 0.25) is 0 Å². The number of rotatable bonds is 11. The molecule has 4 aliphatic rings. The second-order valence-corrected chi connectivity index (χ2v) is 16.2. The van der Waals surface area contributed by atoms with E-state index in [0.29, 0.717) is 85.0 Å². The number of aliphatic hydroxyl groups excluding tert-OH is 1. The molecule has 0 radical (unpaired) electrons. The number of hydrogen-bond donors (Lipinski definition) is 2. The summed E-state index contributed by atoms with van der Waals surface area (Å²) in [5, 5.41) is 12.3. The summed E-state index contributed by atoms with van der Waals surface area (Å²) in [6.07, 6.45) is 12.7. The molecule has 0 unspecified atom stereocenters. The van der Waals surface area contributed by atoms with E-state index in [9.17, 15) is 33.9 Å². The lowest BCUT2D eigenvalue weighted by atomic mass is 9.92. The maximum atomic E-state index is 12.7. The van der Waals surface area contributed by atoms with Crippen LogP contribution < -0.4 is 5.32 Å². The Kier molecular flexibility index (Phi) is 16.1. The lowest BCUT2D eigenvalue weighted by Crippen LogP contribution is -2.43. The van der Waals surface area contributed by atoms with Crippen molar-refractivity contribution in [3.8, 4) is 0 Å². The van der Waals surface area contributed by atoms with E-state index < -0.39 is 6.09 Å². The number of aliphatic imine (C=N–C) groups is 1. The van der Waals surface area contributed by atoms with Crippen LogP contribution in [0.4, 0.5) is 16.2 Å². The van der Waals surface area contributed by atoms with Crippen molar-refractivity contribution in [3.63, 3.8) is 0 Å². The fourth-order valence-electron chi connectivity index (χ4n) is 8.42. The van der Waals surface area contributed by atoms with E-state index in [-0.39, 0.29) is 47.9 Å². The number of unbranched alkanes of at least 4 members (excludes halogenated alkanes) is 2. The van der Waals surface area contributed by atoms with E-state index in [1.807, 2.05) is 48.5 Å². The van der Waals surface area contributed by atoms with Crippen LogP contribution in [-0.2, 0) is 22.4 Å². The average Bonchev–Trinajstić information content (AvgIpc) is 3.70. The number of ether oxygens (including phenoxy) is 1. The van der Waals surface area contributed by atoms with Gasteiger partial charge in [-0.2, -0.15) is 4.99 Å². The van der Waals surface area contributed by atoms with E-state index in [0.717, 1.165) is 25.7 Å². The zero-order valence-corrected chi connectivity index (χ0v) is 35.6. The Morgan fingerprint density at radius 1 is 0.629 bits per heavy atom. The van der Waals surface area contributed by atoms with E-state index >= 15 is 0 Å². The number of benzene rings is 4. The third-order valence-electron chi connectivity index (χ3n) is 11.9. The molecule has 2 aliphatic heterocycles. The average molecular weight is 841 g/mol. The number of nitrogens with one attached hydrogen (secondary N) is 1. The molecular weight excluding hydrogens is 785 g/mol. The number of hydrogen-bond acceptors (Lipinski definition) is 9. The summed E-state index contributed by atoms with van der Waals surface area (Å²) in [7, 11) is 0. The van der Waals surface area contributed by atoms with Crippen molar-refractivity contribution in [2.75, 3.05) is 5.32 Å². The second kappa shape index (κ2) is 22.0. The molecule has 324 valence electrons. The van der Waals surface area contributed by atoms with Gasteiger partial charge in [0.1, 0.15) is 6.10 Å². The van der Waals surface area contributed by atoms with Crippen LogP contribution in [0.15, 0.2) is 102 Å². The Hall–Kier alpha value is -6.23. The molecule has 2 fully saturated rings. The normalized spacial score (nSPS) is 20.2. The molecule has 62 heavy (non-hydrogen) atoms. The highest BCUT2D eigenvalue weighted by molar-refractivity contribution is 6.22. The van der Waals surface area contributed by atoms with E-state index in [1.54, 1.807) is 48.5 Å². The predicted molar refractivity (Wildman–Crippen MR) is 236 cm³/mol. The number of nitrogens with zero attached hydrogens (tertiary/aromatic N) is 3. The molecule has 5 amide bonds. The first-order valence-electron chi connectivity index (χ1n) is 22.0. The number of imide groups is 2. The van der Waals surface area contributed by atoms with Gasteiger partial charge in [-0.3, -0.25) is 34.3 Å². The number of carbonyl (C=O) groups is 5. The lowest BCUT2D eigenvalue weighted by molar-refractivity contribution is 0.0401. The van der Waals surface area contributed by atoms with E-state index in [1.165, 1.54) is 39.8 Å². The number of carbonyl (C=O) groups excluding carboxylic acids is 6. The summed E-state index contributed by atoms with van der Waals surface area (Å²) in [4.78, 5) is 78.3. The van der Waals surface area contributed by atoms with Gasteiger partial charge in [-0.05, 0) is 137 Å². The van der Waals surface area contributed by atoms with Gasteiger partial charge in [0.2, 0.25) is 6.08 Å². The minimum Gasteiger partial charge on any atom is -0.446 e. The number of isocyanates is 1. The first-order valence-corrected chi connectivity index (χ1v) is 22.0. The zero-order valence-electron chi connectivity index (χ0n) is 35.6. The third-order valence-corrected chi connectivity index (χ3v) is 11.9. The first-order chi connectivity index (χ1) is 30.1. The Labute approximate surface area is 363 Å². The molecule has 12 nitrogen and oxygen atoms in total. The van der Waals surface area contributed by atoms with Crippen LogP contribution in [0.1, 0.15) is 143 Å². The Balaban J connectivity index is 0.000000174. The van der Waals surface area contributed by atoms with Crippen molar-refractivity contribution in [1.29, 1.82) is 0 Å². The van der Waals surface area contributed by atoms with Crippen LogP contribution in [0.25, 0.3) is 0 Å². The molecule has 2 heterocycles. The maximum Gasteiger partial charge on any atom is 0.411 e. The van der Waals surface area contributed by atoms with Crippen molar-refractivity contribution >= 4 is 47.2 Å². The predicted octanol–water partition coefficient (Wildman–Crippen LogP) is 9.77. The fraction of sp³-hybridized carbons (Fsp3) is 0.400. The molecule has 0 spiro atoms. The van der Waals surface area contributed by atoms with E-state index in [4.69, 9.17) is 4.74 Å². The minimum atomic E-state index is -0.467. The van der Waals surface area contributed by atoms with Crippen LogP contribution in [0.5, 0.6) is 0 Å². The maximum absolute atomic E-state index is 12.7. The largest absolute Gasteiger partial charge is 0.446 e. The fourth-order valence-corrected chi connectivity index (χ4v) is 8.42. The molecule has 2 N–H and O–H groups in total. The summed E-state index contributed by atoms with van der Waals surface area (Å²) in [6.45, 7) is 4.34. The molecule has 0 saturated heterocycles. The molecule has 0 atom stereocenters. The summed E-state index contributed by atoms with van der Waals surface area (Å²) in [5.74, 6) is -0.802. The highest BCUT2D eigenvalue weighted by Gasteiger charge is 2.42. The number of aliphatic hydroxyl groups is 1. The standard InChI is InChI=1S/C25H28N2O4.C14H15NO3.C11H13NO/c1-2-3-6-17-9-11-18(12-10-17)26-25(30)31-20-15-13-19(14-16-20)27-23(28)21-7-4-5-8-22(21)24(27)29;16-10-7-5-9(6-8-10)15-13(17)11-3-1-2-4-12(11)14(15)18;1-2-3-4-10-5-7-11(8-6-10)12-9-13/h4-5,7-12,19-20H,2-3,6,13-16H2,1H3,(H,26,30);1-4,9-10,16H,5-8H2;5-8H,2-4H2,1H3. The van der Waals surface area contributed by atoms with Gasteiger partial charge in [0, 0.05) is 17.8 Å². The van der Waals surface area contributed by atoms with Crippen LogP contribution in [0, 0.1) is 0 Å². The molecule has 8 rings (SSSR count). The summed E-state index contributed by atoms with van der Waals surface area (Å²) in [5.41, 5.74) is 5.92. The van der Waals surface area contributed by atoms with Gasteiger partial charge in [-0.25, -0.2) is 9.59 Å². The monoisotopic (exact) mass is 840 g/mol. The van der Waals surface area contributed by atoms with Crippen LogP contribution in [0.3, 0.4) is 0 Å². The van der Waals surface area contributed by atoms with E-state index in [2.05, 4.69) is 24.2 Å². The molecule has 0 aromatic heterocycles. The number of anilines is 1. The van der Waals surface area contributed by atoms with Gasteiger partial charge in [-0.1, -0.05) is 75.2 Å². The number of fused-ring (bicyclic) bond motifs is 2. The van der Waals surface area contributed by atoms with Crippen molar-refractivity contribution in [2.45, 2.75) is 128 Å². The molecule has 4 aromatic carbocycles. The minimum absolute atomic E-state index is 0.0548. The highest BCUT2D eigenvalue weighted by Crippen LogP contribution is 2.33. The molecular formula is C50H56N4O8. The lowest BCUT2D eigenvalue weighted by Gasteiger charge is -2.33. The van der Waals surface area contributed by atoms with Gasteiger partial charge < -0.3 is 9.84 Å². The molecule has 0 bridgehead atoms. The Bertz CT molecular complexity index is 2170. The summed E-state index contributed by atoms with van der Waals surface area (Å²) in [6, 6.07) is 29.2. The Morgan fingerprint density at radius 3 is 1.44 bits per heavy atom. The van der Waals surface area contributed by atoms with Crippen LogP contribution in [-0.4, -0.2) is 75.0 Å². The SMILES string of the molecule is CCCCc1ccc(N=C=O)cc1.CCCCc1ccc(NC(=O)OC2CCC(N3C(=O)c4ccccc4C3=O)CC2)cc1.O=C1c2ccccc2C(=O)N1C1CCC(O)CC1. The van der Waals surface area contributed by atoms with Crippen molar-refractivity contribution in [3.05, 3.63) is 130 Å². The third kappa shape index (κ3) is 11.4. The Morgan fingerprint density at radius 2 is 1.03 bits per heavy atom.